The summed E-state index contributed by atoms with van der Waals surface area (Å²) in [7, 11) is -1.30. The lowest BCUT2D eigenvalue weighted by Crippen LogP contribution is -2.44. The summed E-state index contributed by atoms with van der Waals surface area (Å²) in [5.74, 6) is -1.59. The molecule has 0 amide bonds. The van der Waals surface area contributed by atoms with Crippen molar-refractivity contribution in [3.05, 3.63) is 57.2 Å². The number of β-amino-alcohol motifs (C(OH)–C–C–N with tert-alkyl or cyclic N) is 1. The summed E-state index contributed by atoms with van der Waals surface area (Å²) in [5.41, 5.74) is -0.184. The number of halogens is 1. The number of hydrogen-bond donors (Lipinski definition) is 4. The van der Waals surface area contributed by atoms with Gasteiger partial charge in [0.1, 0.15) is 36.1 Å². The van der Waals surface area contributed by atoms with Gasteiger partial charge in [0.05, 0.1) is 11.1 Å². The van der Waals surface area contributed by atoms with Crippen molar-refractivity contribution in [3.63, 3.8) is 0 Å². The number of likely N-dealkylation sites (N-methyl/N-ethyl adjacent to an activating group) is 1. The molecule has 3 atom stereocenters. The summed E-state index contributed by atoms with van der Waals surface area (Å²) in [6.45, 7) is 0.933. The minimum atomic E-state index is -5.06. The number of fused-ring (bicyclic) bond motifs is 1. The van der Waals surface area contributed by atoms with Crippen LogP contribution in [0.3, 0.4) is 0 Å². The van der Waals surface area contributed by atoms with Gasteiger partial charge < -0.3 is 24.1 Å². The highest BCUT2D eigenvalue weighted by Crippen LogP contribution is 2.48. The van der Waals surface area contributed by atoms with Crippen LogP contribution >= 0.6 is 19.4 Å². The Morgan fingerprint density at radius 3 is 2.58 bits per heavy atom. The lowest BCUT2D eigenvalue weighted by molar-refractivity contribution is 0.0637. The molecule has 0 bridgehead atoms. The number of phenolic OH excluding ortho intramolecular Hbond substituents is 1. The molecule has 0 radical (unpaired) electrons. The van der Waals surface area contributed by atoms with Crippen LogP contribution in [0.25, 0.3) is 22.3 Å². The predicted octanol–water partition coefficient (Wildman–Crippen LogP) is 2.10. The molecule has 33 heavy (non-hydrogen) atoms. The summed E-state index contributed by atoms with van der Waals surface area (Å²) in [6.07, 6.45) is -0.893. The zero-order valence-corrected chi connectivity index (χ0v) is 19.5. The van der Waals surface area contributed by atoms with Crippen LogP contribution in [0, 0.1) is 0 Å². The first-order chi connectivity index (χ1) is 15.5. The number of aliphatic hydroxyl groups is 1. The molecule has 2 aromatic carbocycles. The maximum Gasteiger partial charge on any atom is 0.524 e. The maximum atomic E-state index is 13.2. The van der Waals surface area contributed by atoms with E-state index in [0.717, 1.165) is 12.1 Å². The zero-order valence-electron chi connectivity index (χ0n) is 17.8. The molecule has 1 aromatic heterocycles. The monoisotopic (exact) mass is 493 g/mol. The Hall–Kier alpha value is -2.33. The predicted molar refractivity (Wildman–Crippen MR) is 126 cm³/mol. The Bertz CT molecular complexity index is 1310. The molecular formula is C21H22BClNO8P. The summed E-state index contributed by atoms with van der Waals surface area (Å²) in [6, 6.07) is 8.81. The van der Waals surface area contributed by atoms with Crippen molar-refractivity contribution in [2.24, 2.45) is 0 Å². The van der Waals surface area contributed by atoms with Crippen molar-refractivity contribution < 1.29 is 33.5 Å². The first-order valence-corrected chi connectivity index (χ1v) is 12.1. The average molecular weight is 494 g/mol. The Morgan fingerprint density at radius 1 is 1.24 bits per heavy atom. The van der Waals surface area contributed by atoms with Crippen molar-refractivity contribution in [1.29, 1.82) is 0 Å². The Balaban J connectivity index is 2.06. The largest absolute Gasteiger partial charge is 0.524 e. The Morgan fingerprint density at radius 2 is 1.94 bits per heavy atom. The Labute approximate surface area is 194 Å². The fraction of sp³-hybridized carbons (Fsp3) is 0.286. The number of benzene rings is 2. The van der Waals surface area contributed by atoms with Gasteiger partial charge >= 0.3 is 7.82 Å². The van der Waals surface area contributed by atoms with Gasteiger partial charge in [0.25, 0.3) is 0 Å². The summed E-state index contributed by atoms with van der Waals surface area (Å²) >= 11 is 6.28. The number of phenols is 1. The van der Waals surface area contributed by atoms with Crippen LogP contribution in [-0.4, -0.2) is 59.0 Å². The van der Waals surface area contributed by atoms with Gasteiger partial charge in [-0.05, 0) is 31.5 Å². The zero-order chi connectivity index (χ0) is 24.1. The summed E-state index contributed by atoms with van der Waals surface area (Å²) in [4.78, 5) is 33.8. The number of hydrogen-bond acceptors (Lipinski definition) is 7. The number of aliphatic hydroxyl groups excluding tert-OH is 1. The molecule has 4 rings (SSSR count). The average Bonchev–Trinajstić information content (AvgIpc) is 2.68. The minimum Gasteiger partial charge on any atom is -0.507 e. The molecule has 4 N–H and O–H groups in total. The lowest BCUT2D eigenvalue weighted by Gasteiger charge is -2.39. The highest BCUT2D eigenvalue weighted by Gasteiger charge is 2.38. The van der Waals surface area contributed by atoms with Crippen molar-refractivity contribution >= 4 is 38.2 Å². The van der Waals surface area contributed by atoms with E-state index in [4.69, 9.17) is 20.5 Å². The second-order valence-corrected chi connectivity index (χ2v) is 9.91. The van der Waals surface area contributed by atoms with Gasteiger partial charge in [-0.1, -0.05) is 23.7 Å². The number of rotatable bonds is 4. The van der Waals surface area contributed by atoms with E-state index >= 15 is 0 Å². The van der Waals surface area contributed by atoms with Crippen LogP contribution in [0.15, 0.2) is 45.6 Å². The first-order valence-electron chi connectivity index (χ1n) is 10.2. The summed E-state index contributed by atoms with van der Waals surface area (Å²) < 4.78 is 22.3. The topological polar surface area (TPSA) is 141 Å². The highest BCUT2D eigenvalue weighted by atomic mass is 35.5. The van der Waals surface area contributed by atoms with E-state index < -0.39 is 36.8 Å². The van der Waals surface area contributed by atoms with E-state index in [9.17, 15) is 29.4 Å². The third-order valence-electron chi connectivity index (χ3n) is 5.80. The third-order valence-corrected chi connectivity index (χ3v) is 6.56. The number of phosphoric acid groups is 1. The highest BCUT2D eigenvalue weighted by molar-refractivity contribution is 7.46. The van der Waals surface area contributed by atoms with E-state index in [-0.39, 0.29) is 28.1 Å². The van der Waals surface area contributed by atoms with E-state index in [1.807, 2.05) is 19.8 Å². The first kappa shape index (κ1) is 23.8. The van der Waals surface area contributed by atoms with Gasteiger partial charge in [-0.15, -0.1) is 0 Å². The van der Waals surface area contributed by atoms with E-state index in [2.05, 4.69) is 0 Å². The number of likely N-dealkylation sites (tertiary alicyclic amines) is 1. The van der Waals surface area contributed by atoms with Crippen molar-refractivity contribution in [2.45, 2.75) is 17.8 Å². The molecule has 12 heteroatoms. The van der Waals surface area contributed by atoms with Gasteiger partial charge in [-0.2, -0.15) is 0 Å². The van der Waals surface area contributed by atoms with E-state index in [0.29, 0.717) is 23.7 Å². The minimum absolute atomic E-state index is 0.0992. The van der Waals surface area contributed by atoms with Gasteiger partial charge in [-0.25, -0.2) is 4.57 Å². The number of nitrogens with zero attached hydrogens (tertiary/aromatic N) is 1. The second kappa shape index (κ2) is 8.79. The van der Waals surface area contributed by atoms with Crippen LogP contribution in [-0.2, 0) is 4.57 Å². The third kappa shape index (κ3) is 4.68. The van der Waals surface area contributed by atoms with Crippen molar-refractivity contribution in [3.8, 4) is 22.8 Å². The molecule has 1 aliphatic heterocycles. The molecule has 174 valence electrons. The molecule has 0 aliphatic carbocycles. The van der Waals surface area contributed by atoms with Crippen LogP contribution in [0.2, 0.25) is 10.8 Å². The van der Waals surface area contributed by atoms with Gasteiger partial charge in [0, 0.05) is 35.7 Å². The molecule has 3 aromatic rings. The fourth-order valence-electron chi connectivity index (χ4n) is 4.59. The van der Waals surface area contributed by atoms with E-state index in [1.165, 1.54) is 0 Å². The summed E-state index contributed by atoms with van der Waals surface area (Å²) in [5, 5.41) is 21.8. The molecule has 9 nitrogen and oxygen atoms in total. The van der Waals surface area contributed by atoms with Crippen molar-refractivity contribution in [2.75, 3.05) is 20.1 Å². The van der Waals surface area contributed by atoms with Gasteiger partial charge in [0.15, 0.2) is 5.43 Å². The maximum absolute atomic E-state index is 13.2. The quantitative estimate of drug-likeness (QED) is 0.318. The fourth-order valence-corrected chi connectivity index (χ4v) is 5.22. The molecule has 0 spiro atoms. The molecule has 1 saturated heterocycles. The van der Waals surface area contributed by atoms with Crippen LogP contribution < -0.4 is 9.95 Å². The smallest absolute Gasteiger partial charge is 0.507 e. The van der Waals surface area contributed by atoms with Crippen molar-refractivity contribution in [1.82, 2.24) is 4.90 Å². The van der Waals surface area contributed by atoms with Gasteiger partial charge in [0.2, 0.25) is 0 Å². The molecule has 2 heterocycles. The van der Waals surface area contributed by atoms with Crippen LogP contribution in [0.5, 0.6) is 11.5 Å². The van der Waals surface area contributed by atoms with Crippen LogP contribution in [0.1, 0.15) is 11.5 Å². The second-order valence-electron chi connectivity index (χ2n) is 8.34. The molecule has 0 saturated carbocycles. The normalized spacial score (nSPS) is 21.9. The molecule has 3 unspecified atom stereocenters. The SMILES string of the molecule is BC1CN(C)CC(O)C1c1c(O)cc(OP(=O)(O)O)c2c(=O)cc(-c3ccccc3Cl)oc12. The number of phosphoric ester groups is 1. The van der Waals surface area contributed by atoms with Crippen LogP contribution in [0.4, 0.5) is 0 Å². The molecule has 1 fully saturated rings. The molecular weight excluding hydrogens is 471 g/mol. The van der Waals surface area contributed by atoms with E-state index in [1.54, 1.807) is 24.3 Å². The number of aromatic hydroxyl groups is 1. The molecule has 1 aliphatic rings. The van der Waals surface area contributed by atoms with Gasteiger partial charge in [-0.3, -0.25) is 14.6 Å². The standard InChI is InChI=1S/C21H22BClNO8P/c1-24-8-11(22)18(15(27)9-24)20-14(26)7-17(32-33(28,29)30)19-13(25)6-16(31-21(19)20)10-4-2-3-5-12(10)23/h2-7,11,15,18,26-27H,8-9,22H2,1H3,(H2,28,29,30). The number of piperidine rings is 1. The Kier molecular flexibility index (Phi) is 6.35. The lowest BCUT2D eigenvalue weighted by atomic mass is 9.68.